The van der Waals surface area contributed by atoms with Crippen molar-refractivity contribution in [3.63, 3.8) is 0 Å². The zero-order valence-corrected chi connectivity index (χ0v) is 12.0. The highest BCUT2D eigenvalue weighted by molar-refractivity contribution is 7.91. The van der Waals surface area contributed by atoms with Gasteiger partial charge in [-0.15, -0.1) is 0 Å². The normalized spacial score (nSPS) is 13.1. The van der Waals surface area contributed by atoms with Gasteiger partial charge >= 0.3 is 5.97 Å². The van der Waals surface area contributed by atoms with Crippen molar-refractivity contribution in [3.8, 4) is 0 Å². The Morgan fingerprint density at radius 2 is 2.05 bits per heavy atom. The van der Waals surface area contributed by atoms with Gasteiger partial charge in [0.25, 0.3) is 0 Å². The molecule has 0 fully saturated rings. The summed E-state index contributed by atoms with van der Waals surface area (Å²) in [7, 11) is -2.32. The van der Waals surface area contributed by atoms with Crippen LogP contribution in [0.4, 0.5) is 4.39 Å². The van der Waals surface area contributed by atoms with Crippen LogP contribution in [0, 0.1) is 12.7 Å². The van der Waals surface area contributed by atoms with Crippen LogP contribution < -0.4 is 0 Å². The first kappa shape index (κ1) is 15.6. The number of aryl methyl sites for hydroxylation is 1. The van der Waals surface area contributed by atoms with Gasteiger partial charge in [-0.2, -0.15) is 0 Å². The van der Waals surface area contributed by atoms with Crippen molar-refractivity contribution in [1.29, 1.82) is 0 Å². The molecule has 1 atom stereocenters. The van der Waals surface area contributed by atoms with E-state index in [9.17, 15) is 17.6 Å². The third-order valence-electron chi connectivity index (χ3n) is 2.96. The maximum Gasteiger partial charge on any atom is 0.306 e. The standard InChI is InChI=1S/C13H17FO4S/c1-9-4-5-12(14)7-11(9)8-19(16,17)10(2)6-13(15)18-3/h4-5,7,10H,6,8H2,1-3H3. The van der Waals surface area contributed by atoms with E-state index in [4.69, 9.17) is 0 Å². The minimum atomic E-state index is -3.53. The average molecular weight is 288 g/mol. The summed E-state index contributed by atoms with van der Waals surface area (Å²) in [6.45, 7) is 3.16. The molecule has 0 aromatic heterocycles. The second-order valence-corrected chi connectivity index (χ2v) is 6.89. The van der Waals surface area contributed by atoms with Crippen LogP contribution in [-0.4, -0.2) is 26.7 Å². The second-order valence-electron chi connectivity index (χ2n) is 4.47. The van der Waals surface area contributed by atoms with E-state index < -0.39 is 26.9 Å². The van der Waals surface area contributed by atoms with Gasteiger partial charge in [0.15, 0.2) is 9.84 Å². The molecule has 1 aromatic carbocycles. The third kappa shape index (κ3) is 4.31. The van der Waals surface area contributed by atoms with Crippen molar-refractivity contribution < 1.29 is 22.3 Å². The maximum absolute atomic E-state index is 13.1. The lowest BCUT2D eigenvalue weighted by Crippen LogP contribution is -2.23. The van der Waals surface area contributed by atoms with E-state index in [1.165, 1.54) is 32.2 Å². The summed E-state index contributed by atoms with van der Waals surface area (Å²) in [5, 5.41) is -0.859. The molecule has 0 aliphatic heterocycles. The lowest BCUT2D eigenvalue weighted by molar-refractivity contribution is -0.140. The Kier molecular flexibility index (Phi) is 5.05. The average Bonchev–Trinajstić information content (AvgIpc) is 2.33. The molecular weight excluding hydrogens is 271 g/mol. The number of methoxy groups -OCH3 is 1. The molecule has 0 amide bonds. The highest BCUT2D eigenvalue weighted by Crippen LogP contribution is 2.18. The number of esters is 1. The van der Waals surface area contributed by atoms with E-state index in [2.05, 4.69) is 4.74 Å². The van der Waals surface area contributed by atoms with Crippen molar-refractivity contribution in [2.24, 2.45) is 0 Å². The fourth-order valence-corrected chi connectivity index (χ4v) is 3.02. The monoisotopic (exact) mass is 288 g/mol. The van der Waals surface area contributed by atoms with Gasteiger partial charge in [-0.05, 0) is 37.1 Å². The van der Waals surface area contributed by atoms with E-state index in [-0.39, 0.29) is 12.2 Å². The quantitative estimate of drug-likeness (QED) is 0.778. The molecule has 1 unspecified atom stereocenters. The first-order valence-electron chi connectivity index (χ1n) is 5.79. The van der Waals surface area contributed by atoms with Crippen molar-refractivity contribution in [3.05, 3.63) is 35.1 Å². The highest BCUT2D eigenvalue weighted by Gasteiger charge is 2.25. The van der Waals surface area contributed by atoms with Gasteiger partial charge in [-0.3, -0.25) is 4.79 Å². The van der Waals surface area contributed by atoms with E-state index in [1.54, 1.807) is 6.92 Å². The smallest absolute Gasteiger partial charge is 0.306 e. The predicted molar refractivity (Wildman–Crippen MR) is 69.9 cm³/mol. The fourth-order valence-electron chi connectivity index (χ4n) is 1.60. The molecule has 106 valence electrons. The Morgan fingerprint density at radius 1 is 1.42 bits per heavy atom. The summed E-state index contributed by atoms with van der Waals surface area (Å²) in [5.41, 5.74) is 1.12. The molecule has 6 heteroatoms. The fraction of sp³-hybridized carbons (Fsp3) is 0.462. The molecule has 4 nitrogen and oxygen atoms in total. The second kappa shape index (κ2) is 6.14. The Balaban J connectivity index is 2.90. The summed E-state index contributed by atoms with van der Waals surface area (Å²) in [6, 6.07) is 4.02. The molecule has 0 aliphatic rings. The van der Waals surface area contributed by atoms with Crippen molar-refractivity contribution in [2.45, 2.75) is 31.3 Å². The van der Waals surface area contributed by atoms with E-state index in [0.717, 1.165) is 0 Å². The molecule has 0 aliphatic carbocycles. The molecule has 19 heavy (non-hydrogen) atoms. The van der Waals surface area contributed by atoms with Crippen LogP contribution in [0.15, 0.2) is 18.2 Å². The van der Waals surface area contributed by atoms with Crippen molar-refractivity contribution >= 4 is 15.8 Å². The molecular formula is C13H17FO4S. The lowest BCUT2D eigenvalue weighted by Gasteiger charge is -2.13. The molecule has 0 heterocycles. The van der Waals surface area contributed by atoms with Crippen LogP contribution in [0.1, 0.15) is 24.5 Å². The van der Waals surface area contributed by atoms with E-state index >= 15 is 0 Å². The van der Waals surface area contributed by atoms with Gasteiger partial charge in [-0.1, -0.05) is 6.07 Å². The summed E-state index contributed by atoms with van der Waals surface area (Å²) in [4.78, 5) is 11.1. The summed E-state index contributed by atoms with van der Waals surface area (Å²) in [6.07, 6.45) is -0.201. The molecule has 0 radical (unpaired) electrons. The van der Waals surface area contributed by atoms with Crippen LogP contribution in [0.3, 0.4) is 0 Å². The first-order valence-corrected chi connectivity index (χ1v) is 7.51. The number of halogens is 1. The molecule has 0 saturated heterocycles. The number of carbonyl (C=O) groups is 1. The predicted octanol–water partition coefficient (Wildman–Crippen LogP) is 2.00. The Hall–Kier alpha value is -1.43. The number of hydrogen-bond donors (Lipinski definition) is 0. The molecule has 1 rings (SSSR count). The summed E-state index contributed by atoms with van der Waals surface area (Å²) in [5.74, 6) is -1.34. The zero-order valence-electron chi connectivity index (χ0n) is 11.1. The molecule has 0 N–H and O–H groups in total. The molecule has 0 spiro atoms. The lowest BCUT2D eigenvalue weighted by atomic mass is 10.1. The Morgan fingerprint density at radius 3 is 2.63 bits per heavy atom. The van der Waals surface area contributed by atoms with Crippen LogP contribution >= 0.6 is 0 Å². The number of rotatable bonds is 5. The van der Waals surface area contributed by atoms with E-state index in [1.807, 2.05) is 0 Å². The summed E-state index contributed by atoms with van der Waals surface area (Å²) < 4.78 is 41.7. The van der Waals surface area contributed by atoms with Crippen LogP contribution in [0.25, 0.3) is 0 Å². The number of carbonyl (C=O) groups excluding carboxylic acids is 1. The van der Waals surface area contributed by atoms with Gasteiger partial charge in [0.2, 0.25) is 0 Å². The molecule has 0 bridgehead atoms. The van der Waals surface area contributed by atoms with Crippen LogP contribution in [-0.2, 0) is 25.1 Å². The first-order chi connectivity index (χ1) is 8.76. The number of ether oxygens (including phenoxy) is 1. The summed E-state index contributed by atoms with van der Waals surface area (Å²) >= 11 is 0. The largest absolute Gasteiger partial charge is 0.469 e. The Bertz CT molecular complexity index is 566. The van der Waals surface area contributed by atoms with Gasteiger partial charge in [0, 0.05) is 0 Å². The van der Waals surface area contributed by atoms with Gasteiger partial charge < -0.3 is 4.74 Å². The minimum absolute atomic E-state index is 0.201. The topological polar surface area (TPSA) is 60.4 Å². The van der Waals surface area contributed by atoms with Crippen molar-refractivity contribution in [1.82, 2.24) is 0 Å². The van der Waals surface area contributed by atoms with Gasteiger partial charge in [0.05, 0.1) is 24.5 Å². The van der Waals surface area contributed by atoms with E-state index in [0.29, 0.717) is 11.1 Å². The molecule has 1 aromatic rings. The number of benzene rings is 1. The van der Waals surface area contributed by atoms with Crippen LogP contribution in [0.5, 0.6) is 0 Å². The zero-order chi connectivity index (χ0) is 14.6. The number of hydrogen-bond acceptors (Lipinski definition) is 4. The Labute approximate surface area is 112 Å². The molecule has 0 saturated carbocycles. The third-order valence-corrected chi connectivity index (χ3v) is 5.07. The van der Waals surface area contributed by atoms with Gasteiger partial charge in [0.1, 0.15) is 5.82 Å². The van der Waals surface area contributed by atoms with Crippen LogP contribution in [0.2, 0.25) is 0 Å². The van der Waals surface area contributed by atoms with Gasteiger partial charge in [-0.25, -0.2) is 12.8 Å². The number of sulfone groups is 1. The minimum Gasteiger partial charge on any atom is -0.469 e. The maximum atomic E-state index is 13.1. The SMILES string of the molecule is COC(=O)CC(C)S(=O)(=O)Cc1cc(F)ccc1C. The highest BCUT2D eigenvalue weighted by atomic mass is 32.2. The van der Waals surface area contributed by atoms with Crippen molar-refractivity contribution in [2.75, 3.05) is 7.11 Å².